The highest BCUT2D eigenvalue weighted by molar-refractivity contribution is 7.98. The monoisotopic (exact) mass is 501 g/mol. The third-order valence-corrected chi connectivity index (χ3v) is 6.79. The second-order valence-corrected chi connectivity index (χ2v) is 9.66. The minimum Gasteiger partial charge on any atom is -0.376 e. The molecule has 9 heteroatoms. The zero-order chi connectivity index (χ0) is 25.7. The fourth-order valence-corrected chi connectivity index (χ4v) is 4.89. The van der Waals surface area contributed by atoms with Gasteiger partial charge in [0, 0.05) is 68.3 Å². The highest BCUT2D eigenvalue weighted by Crippen LogP contribution is 2.32. The van der Waals surface area contributed by atoms with Gasteiger partial charge in [0.2, 0.25) is 0 Å². The largest absolute Gasteiger partial charge is 0.376 e. The summed E-state index contributed by atoms with van der Waals surface area (Å²) in [5.41, 5.74) is 6.10. The molecule has 0 saturated heterocycles. The van der Waals surface area contributed by atoms with E-state index in [4.69, 9.17) is 4.98 Å². The van der Waals surface area contributed by atoms with Crippen molar-refractivity contribution in [2.45, 2.75) is 12.8 Å². The predicted octanol–water partition coefficient (Wildman–Crippen LogP) is 4.38. The first-order valence-electron chi connectivity index (χ1n) is 11.7. The number of thioether (sulfide) groups is 1. The van der Waals surface area contributed by atoms with E-state index in [1.54, 1.807) is 31.3 Å². The summed E-state index contributed by atoms with van der Waals surface area (Å²) in [4.78, 5) is 32.8. The Morgan fingerprint density at radius 3 is 2.61 bits per heavy atom. The van der Waals surface area contributed by atoms with Gasteiger partial charge in [0.25, 0.3) is 5.91 Å². The summed E-state index contributed by atoms with van der Waals surface area (Å²) in [5.74, 6) is 1.67. The van der Waals surface area contributed by atoms with Gasteiger partial charge in [-0.05, 0) is 30.9 Å². The van der Waals surface area contributed by atoms with Crippen LogP contribution in [-0.4, -0.2) is 65.5 Å². The molecule has 4 rings (SSSR count). The van der Waals surface area contributed by atoms with E-state index < -0.39 is 0 Å². The van der Waals surface area contributed by atoms with Crippen molar-refractivity contribution in [2.24, 2.45) is 0 Å². The second-order valence-electron chi connectivity index (χ2n) is 8.75. The molecular weight excluding hydrogens is 470 g/mol. The summed E-state index contributed by atoms with van der Waals surface area (Å²) in [7, 11) is 5.49. The van der Waals surface area contributed by atoms with Gasteiger partial charge < -0.3 is 15.5 Å². The third-order valence-electron chi connectivity index (χ3n) is 6.06. The lowest BCUT2D eigenvalue weighted by Gasteiger charge is -2.22. The van der Waals surface area contributed by atoms with E-state index in [2.05, 4.69) is 37.9 Å². The topological polar surface area (TPSA) is 95.9 Å². The van der Waals surface area contributed by atoms with Crippen molar-refractivity contribution in [2.75, 3.05) is 49.9 Å². The highest BCUT2D eigenvalue weighted by Gasteiger charge is 2.21. The lowest BCUT2D eigenvalue weighted by molar-refractivity contribution is 0.0965. The van der Waals surface area contributed by atoms with E-state index >= 15 is 0 Å². The van der Waals surface area contributed by atoms with Crippen molar-refractivity contribution < 1.29 is 4.79 Å². The first kappa shape index (κ1) is 25.4. The molecule has 0 radical (unpaired) electrons. The molecule has 1 amide bonds. The molecule has 0 aliphatic rings. The van der Waals surface area contributed by atoms with Gasteiger partial charge in [-0.1, -0.05) is 18.2 Å². The average Bonchev–Trinajstić information content (AvgIpc) is 2.90. The zero-order valence-electron chi connectivity index (χ0n) is 21.2. The molecule has 0 bridgehead atoms. The predicted molar refractivity (Wildman–Crippen MR) is 149 cm³/mol. The Kier molecular flexibility index (Phi) is 8.00. The van der Waals surface area contributed by atoms with E-state index in [0.717, 1.165) is 50.7 Å². The number of hydrogen-bond acceptors (Lipinski definition) is 8. The molecule has 1 unspecified atom stereocenters. The van der Waals surface area contributed by atoms with Crippen LogP contribution in [0.15, 0.2) is 55.1 Å². The Labute approximate surface area is 216 Å². The number of nitrogens with zero attached hydrogens (tertiary/aromatic N) is 5. The van der Waals surface area contributed by atoms with Crippen LogP contribution >= 0.6 is 11.8 Å². The molecule has 0 aliphatic heterocycles. The van der Waals surface area contributed by atoms with Crippen LogP contribution < -0.4 is 15.5 Å². The Bertz CT molecular complexity index is 1360. The first-order chi connectivity index (χ1) is 17.4. The minimum absolute atomic E-state index is 0.123. The molecule has 4 aromatic rings. The zero-order valence-corrected chi connectivity index (χ0v) is 22.1. The van der Waals surface area contributed by atoms with Crippen LogP contribution in [0.25, 0.3) is 22.2 Å². The van der Waals surface area contributed by atoms with E-state index in [9.17, 15) is 4.79 Å². The number of aryl methyl sites for hydroxylation is 1. The van der Waals surface area contributed by atoms with Gasteiger partial charge in [0.05, 0.1) is 28.7 Å². The van der Waals surface area contributed by atoms with Crippen molar-refractivity contribution >= 4 is 40.1 Å². The number of aromatic nitrogens is 4. The van der Waals surface area contributed by atoms with Crippen molar-refractivity contribution in [1.29, 1.82) is 0 Å². The summed E-state index contributed by atoms with van der Waals surface area (Å²) in [6.07, 6.45) is 7.27. The van der Waals surface area contributed by atoms with Gasteiger partial charge in [0.1, 0.15) is 12.1 Å². The molecule has 1 aromatic carbocycles. The molecule has 8 nitrogen and oxygen atoms in total. The Balaban J connectivity index is 1.66. The Morgan fingerprint density at radius 2 is 1.92 bits per heavy atom. The molecular formula is C27H31N7OS. The van der Waals surface area contributed by atoms with E-state index in [0.29, 0.717) is 12.1 Å². The number of benzene rings is 1. The van der Waals surface area contributed by atoms with Gasteiger partial charge in [0.15, 0.2) is 0 Å². The first-order valence-corrected chi connectivity index (χ1v) is 13.1. The molecule has 36 heavy (non-hydrogen) atoms. The number of carbonyl (C=O) groups is 1. The van der Waals surface area contributed by atoms with E-state index in [1.165, 1.54) is 0 Å². The maximum absolute atomic E-state index is 12.8. The third kappa shape index (κ3) is 5.41. The fraction of sp³-hybridized carbons (Fsp3) is 0.296. The van der Waals surface area contributed by atoms with E-state index in [1.807, 2.05) is 62.4 Å². The summed E-state index contributed by atoms with van der Waals surface area (Å²) in [6.45, 7) is 2.62. The Morgan fingerprint density at radius 1 is 1.08 bits per heavy atom. The van der Waals surface area contributed by atoms with Crippen LogP contribution in [0.5, 0.6) is 0 Å². The molecule has 1 atom stereocenters. The highest BCUT2D eigenvalue weighted by atomic mass is 32.2. The molecule has 0 saturated carbocycles. The van der Waals surface area contributed by atoms with Gasteiger partial charge in [-0.15, -0.1) is 0 Å². The molecule has 0 spiro atoms. The second kappa shape index (κ2) is 11.3. The maximum atomic E-state index is 12.8. The number of nitrogens with one attached hydrogen (secondary N) is 2. The molecule has 0 aliphatic carbocycles. The van der Waals surface area contributed by atoms with Gasteiger partial charge >= 0.3 is 0 Å². The lowest BCUT2D eigenvalue weighted by Crippen LogP contribution is -2.23. The number of hydrogen-bond donors (Lipinski definition) is 2. The van der Waals surface area contributed by atoms with Crippen molar-refractivity contribution in [1.82, 2.24) is 25.3 Å². The van der Waals surface area contributed by atoms with Gasteiger partial charge in [-0.2, -0.15) is 11.8 Å². The quantitative estimate of drug-likeness (QED) is 0.349. The standard InChI is InChI=1S/C27H31N7OS/c1-17-9-10-18(12-29-17)22-11-24(33-16-32-22)30-13-19(15-36-5)20-7-6-8-21-25(27(35)28-2)23(34(3)4)14-31-26(20)21/h6-12,14,16,19H,13,15H2,1-5H3,(H,28,35)(H,30,32,33). The normalized spacial score (nSPS) is 11.8. The van der Waals surface area contributed by atoms with E-state index in [-0.39, 0.29) is 11.8 Å². The van der Waals surface area contributed by atoms with Crippen LogP contribution in [0, 0.1) is 6.92 Å². The summed E-state index contributed by atoms with van der Waals surface area (Å²) >= 11 is 1.78. The SMILES string of the molecule is CNC(=O)c1c(N(C)C)cnc2c(C(CNc3cc(-c4ccc(C)nc4)ncn3)CSC)cccc12. The lowest BCUT2D eigenvalue weighted by atomic mass is 9.95. The number of fused-ring (bicyclic) bond motifs is 1. The van der Waals surface area contributed by atoms with Crippen LogP contribution in [0.2, 0.25) is 0 Å². The number of para-hydroxylation sites is 1. The summed E-state index contributed by atoms with van der Waals surface area (Å²) in [6, 6.07) is 12.0. The van der Waals surface area contributed by atoms with Gasteiger partial charge in [-0.3, -0.25) is 14.8 Å². The number of pyridine rings is 2. The van der Waals surface area contributed by atoms with Crippen molar-refractivity contribution in [3.8, 4) is 11.3 Å². The molecule has 186 valence electrons. The molecule has 3 aromatic heterocycles. The minimum atomic E-state index is -0.123. The smallest absolute Gasteiger partial charge is 0.253 e. The number of amides is 1. The number of anilines is 2. The van der Waals surface area contributed by atoms with Crippen LogP contribution in [0.1, 0.15) is 27.5 Å². The van der Waals surface area contributed by atoms with Crippen LogP contribution in [0.4, 0.5) is 11.5 Å². The summed E-state index contributed by atoms with van der Waals surface area (Å²) in [5, 5.41) is 7.12. The average molecular weight is 502 g/mol. The molecule has 2 N–H and O–H groups in total. The molecule has 0 fully saturated rings. The van der Waals surface area contributed by atoms with Gasteiger partial charge in [-0.25, -0.2) is 9.97 Å². The number of carbonyl (C=O) groups excluding carboxylic acids is 1. The maximum Gasteiger partial charge on any atom is 0.253 e. The fourth-order valence-electron chi connectivity index (χ4n) is 4.19. The Hall–Kier alpha value is -3.72. The van der Waals surface area contributed by atoms with Crippen LogP contribution in [0.3, 0.4) is 0 Å². The molecule has 3 heterocycles. The number of rotatable bonds is 9. The summed E-state index contributed by atoms with van der Waals surface area (Å²) < 4.78 is 0. The van der Waals surface area contributed by atoms with Crippen molar-refractivity contribution in [3.63, 3.8) is 0 Å². The van der Waals surface area contributed by atoms with Crippen molar-refractivity contribution in [3.05, 3.63) is 71.9 Å². The van der Waals surface area contributed by atoms with Crippen LogP contribution in [-0.2, 0) is 0 Å².